The van der Waals surface area contributed by atoms with E-state index in [1.165, 1.54) is 0 Å². The predicted octanol–water partition coefficient (Wildman–Crippen LogP) is -0.806. The average molecular weight is 203 g/mol. The van der Waals surface area contributed by atoms with Crippen LogP contribution in [0.15, 0.2) is 0 Å². The van der Waals surface area contributed by atoms with Crippen LogP contribution in [0, 0.1) is 0 Å². The van der Waals surface area contributed by atoms with Gasteiger partial charge in [0.15, 0.2) is 0 Å². The van der Waals surface area contributed by atoms with Gasteiger partial charge in [-0.05, 0) is 13.8 Å². The van der Waals surface area contributed by atoms with E-state index in [0.717, 1.165) is 0 Å². The van der Waals surface area contributed by atoms with E-state index in [2.05, 4.69) is 5.32 Å². The zero-order chi connectivity index (χ0) is 11.1. The zero-order valence-corrected chi connectivity index (χ0v) is 8.66. The van der Waals surface area contributed by atoms with Crippen LogP contribution in [0.1, 0.15) is 13.8 Å². The van der Waals surface area contributed by atoms with E-state index in [0.29, 0.717) is 6.54 Å². The highest BCUT2D eigenvalue weighted by molar-refractivity contribution is 5.96. The molecule has 6 heteroatoms. The highest BCUT2D eigenvalue weighted by atomic mass is 16.5. The molecule has 2 atom stereocenters. The third-order valence-electron chi connectivity index (χ3n) is 1.75. The van der Waals surface area contributed by atoms with E-state index in [4.69, 9.17) is 10.5 Å². The van der Waals surface area contributed by atoms with Crippen LogP contribution in [0.4, 0.5) is 4.79 Å². The van der Waals surface area contributed by atoms with E-state index in [9.17, 15) is 9.59 Å². The summed E-state index contributed by atoms with van der Waals surface area (Å²) in [7, 11) is 1.58. The zero-order valence-electron chi connectivity index (χ0n) is 8.66. The van der Waals surface area contributed by atoms with Crippen LogP contribution in [-0.2, 0) is 9.53 Å². The molecule has 3 amide bonds. The quantitative estimate of drug-likeness (QED) is 0.545. The standard InChI is InChI=1S/C8H17N3O3/c1-5(14-3)4-10-6(2)7(12)11-8(9)13/h5-6,10H,4H2,1-3H3,(H3,9,11,12,13). The lowest BCUT2D eigenvalue weighted by Crippen LogP contribution is -2.47. The van der Waals surface area contributed by atoms with E-state index < -0.39 is 18.0 Å². The van der Waals surface area contributed by atoms with Gasteiger partial charge >= 0.3 is 6.03 Å². The molecule has 0 spiro atoms. The second kappa shape index (κ2) is 6.33. The van der Waals surface area contributed by atoms with Crippen LogP contribution in [0.3, 0.4) is 0 Å². The van der Waals surface area contributed by atoms with Crippen LogP contribution < -0.4 is 16.4 Å². The smallest absolute Gasteiger partial charge is 0.318 e. The number of primary amides is 1. The number of carbonyl (C=O) groups excluding carboxylic acids is 2. The van der Waals surface area contributed by atoms with Crippen molar-refractivity contribution in [3.8, 4) is 0 Å². The number of nitrogens with two attached hydrogens (primary N) is 1. The molecule has 0 fully saturated rings. The van der Waals surface area contributed by atoms with Crippen molar-refractivity contribution in [1.82, 2.24) is 10.6 Å². The molecule has 2 unspecified atom stereocenters. The first kappa shape index (κ1) is 12.9. The predicted molar refractivity (Wildman–Crippen MR) is 51.7 cm³/mol. The number of carbonyl (C=O) groups is 2. The van der Waals surface area contributed by atoms with Crippen molar-refractivity contribution in [3.63, 3.8) is 0 Å². The van der Waals surface area contributed by atoms with Gasteiger partial charge in [0.2, 0.25) is 5.91 Å². The van der Waals surface area contributed by atoms with E-state index in [1.807, 2.05) is 12.2 Å². The Hall–Kier alpha value is -1.14. The highest BCUT2D eigenvalue weighted by Crippen LogP contribution is 1.87. The van der Waals surface area contributed by atoms with Gasteiger partial charge in [-0.25, -0.2) is 4.79 Å². The summed E-state index contributed by atoms with van der Waals surface area (Å²) in [6, 6.07) is -1.32. The molecule has 0 aromatic carbocycles. The number of ether oxygens (including phenoxy) is 1. The second-order valence-corrected chi connectivity index (χ2v) is 3.03. The Labute approximate surface area is 83.2 Å². The minimum Gasteiger partial charge on any atom is -0.380 e. The normalized spacial score (nSPS) is 14.5. The van der Waals surface area contributed by atoms with Crippen LogP contribution in [0.2, 0.25) is 0 Å². The summed E-state index contributed by atoms with van der Waals surface area (Å²) in [6.45, 7) is 4.04. The van der Waals surface area contributed by atoms with Crippen molar-refractivity contribution < 1.29 is 14.3 Å². The molecule has 82 valence electrons. The number of hydrogen-bond acceptors (Lipinski definition) is 4. The number of amides is 3. The van der Waals surface area contributed by atoms with Crippen molar-refractivity contribution in [2.75, 3.05) is 13.7 Å². The van der Waals surface area contributed by atoms with Crippen molar-refractivity contribution in [1.29, 1.82) is 0 Å². The minimum absolute atomic E-state index is 0.0128. The number of hydrogen-bond donors (Lipinski definition) is 3. The topological polar surface area (TPSA) is 93.4 Å². The maximum Gasteiger partial charge on any atom is 0.318 e. The third-order valence-corrected chi connectivity index (χ3v) is 1.75. The number of nitrogens with one attached hydrogen (secondary N) is 2. The molecular weight excluding hydrogens is 186 g/mol. The molecule has 0 aromatic rings. The summed E-state index contributed by atoms with van der Waals surface area (Å²) in [4.78, 5) is 21.5. The number of imide groups is 1. The molecule has 4 N–H and O–H groups in total. The summed E-state index contributed by atoms with van der Waals surface area (Å²) in [5, 5.41) is 4.87. The van der Waals surface area contributed by atoms with Crippen LogP contribution >= 0.6 is 0 Å². The molecule has 6 nitrogen and oxygen atoms in total. The largest absolute Gasteiger partial charge is 0.380 e. The van der Waals surface area contributed by atoms with Gasteiger partial charge in [0.05, 0.1) is 12.1 Å². The van der Waals surface area contributed by atoms with Gasteiger partial charge in [-0.2, -0.15) is 0 Å². The molecule has 0 heterocycles. The van der Waals surface area contributed by atoms with Gasteiger partial charge in [-0.1, -0.05) is 0 Å². The lowest BCUT2D eigenvalue weighted by Gasteiger charge is -2.15. The maximum atomic E-state index is 11.1. The highest BCUT2D eigenvalue weighted by Gasteiger charge is 2.14. The van der Waals surface area contributed by atoms with Gasteiger partial charge in [0, 0.05) is 13.7 Å². The summed E-state index contributed by atoms with van der Waals surface area (Å²) >= 11 is 0. The van der Waals surface area contributed by atoms with Crippen molar-refractivity contribution >= 4 is 11.9 Å². The number of rotatable bonds is 5. The summed E-state index contributed by atoms with van der Waals surface area (Å²) < 4.78 is 4.98. The van der Waals surface area contributed by atoms with Gasteiger partial charge in [-0.15, -0.1) is 0 Å². The minimum atomic E-state index is -0.844. The fourth-order valence-corrected chi connectivity index (χ4v) is 0.748. The molecule has 0 aliphatic heterocycles. The first-order chi connectivity index (χ1) is 6.47. The first-order valence-electron chi connectivity index (χ1n) is 4.33. The fraction of sp³-hybridized carbons (Fsp3) is 0.750. The lowest BCUT2D eigenvalue weighted by atomic mass is 10.3. The third kappa shape index (κ3) is 5.50. The van der Waals surface area contributed by atoms with Crippen molar-refractivity contribution in [2.45, 2.75) is 26.0 Å². The number of methoxy groups -OCH3 is 1. The first-order valence-corrected chi connectivity index (χ1v) is 4.33. The second-order valence-electron chi connectivity index (χ2n) is 3.03. The molecule has 0 saturated heterocycles. The Morgan fingerprint density at radius 2 is 2.00 bits per heavy atom. The van der Waals surface area contributed by atoms with E-state index in [1.54, 1.807) is 14.0 Å². The van der Waals surface area contributed by atoms with Gasteiger partial charge in [-0.3, -0.25) is 10.1 Å². The molecule has 14 heavy (non-hydrogen) atoms. The van der Waals surface area contributed by atoms with Crippen LogP contribution in [0.25, 0.3) is 0 Å². The summed E-state index contributed by atoms with van der Waals surface area (Å²) in [5.41, 5.74) is 4.79. The van der Waals surface area contributed by atoms with Crippen LogP contribution in [-0.4, -0.2) is 37.7 Å². The van der Waals surface area contributed by atoms with Gasteiger partial charge < -0.3 is 15.8 Å². The summed E-state index contributed by atoms with van der Waals surface area (Å²) in [6.07, 6.45) is 0.0128. The van der Waals surface area contributed by atoms with Crippen molar-refractivity contribution in [3.05, 3.63) is 0 Å². The molecule has 0 bridgehead atoms. The van der Waals surface area contributed by atoms with E-state index in [-0.39, 0.29) is 6.10 Å². The van der Waals surface area contributed by atoms with Crippen LogP contribution in [0.5, 0.6) is 0 Å². The lowest BCUT2D eigenvalue weighted by molar-refractivity contribution is -0.121. The molecule has 0 radical (unpaired) electrons. The van der Waals surface area contributed by atoms with Gasteiger partial charge in [0.1, 0.15) is 0 Å². The molecule has 0 aliphatic carbocycles. The van der Waals surface area contributed by atoms with Gasteiger partial charge in [0.25, 0.3) is 0 Å². The number of urea groups is 1. The fourth-order valence-electron chi connectivity index (χ4n) is 0.748. The Bertz CT molecular complexity index is 208. The molecule has 0 saturated carbocycles. The molecule has 0 aliphatic rings. The Balaban J connectivity index is 3.78. The molecule has 0 aromatic heterocycles. The molecule has 0 rings (SSSR count). The van der Waals surface area contributed by atoms with E-state index >= 15 is 0 Å². The SMILES string of the molecule is COC(C)CNC(C)C(=O)NC(N)=O. The Morgan fingerprint density at radius 1 is 1.43 bits per heavy atom. The Morgan fingerprint density at radius 3 is 2.43 bits per heavy atom. The maximum absolute atomic E-state index is 11.1. The summed E-state index contributed by atoms with van der Waals surface area (Å²) in [5.74, 6) is -0.444. The molecular formula is C8H17N3O3. The van der Waals surface area contributed by atoms with Crippen molar-refractivity contribution in [2.24, 2.45) is 5.73 Å². The average Bonchev–Trinajstić information content (AvgIpc) is 2.12. The monoisotopic (exact) mass is 203 g/mol. The Kier molecular flexibility index (Phi) is 5.82.